The Balaban J connectivity index is 1.79. The second kappa shape index (κ2) is 6.17. The maximum absolute atomic E-state index is 5.75. The number of hydrogen-bond donors (Lipinski definition) is 1. The quantitative estimate of drug-likeness (QED) is 0.773. The number of oxazole rings is 1. The van der Waals surface area contributed by atoms with Gasteiger partial charge >= 0.3 is 0 Å². The van der Waals surface area contributed by atoms with E-state index >= 15 is 0 Å². The fourth-order valence-corrected chi connectivity index (χ4v) is 2.10. The smallest absolute Gasteiger partial charge is 0.195 e. The van der Waals surface area contributed by atoms with Gasteiger partial charge < -0.3 is 14.5 Å². The molecule has 1 aromatic heterocycles. The van der Waals surface area contributed by atoms with E-state index in [-0.39, 0.29) is 6.10 Å². The highest BCUT2D eigenvalue weighted by atomic mass is 16.5. The minimum absolute atomic E-state index is 0.120. The first kappa shape index (κ1) is 12.6. The number of nitrogens with one attached hydrogen (secondary N) is 1. The van der Waals surface area contributed by atoms with Crippen LogP contribution >= 0.6 is 0 Å². The fourth-order valence-electron chi connectivity index (χ4n) is 2.10. The lowest BCUT2D eigenvalue weighted by Gasteiger charge is -2.06. The first-order valence-electron chi connectivity index (χ1n) is 6.60. The van der Waals surface area contributed by atoms with E-state index in [1.54, 1.807) is 0 Å². The Bertz CT molecular complexity index is 338. The Labute approximate surface area is 103 Å². The van der Waals surface area contributed by atoms with Crippen molar-refractivity contribution >= 4 is 0 Å². The van der Waals surface area contributed by atoms with E-state index < -0.39 is 0 Å². The van der Waals surface area contributed by atoms with Crippen molar-refractivity contribution in [1.82, 2.24) is 10.3 Å². The molecule has 1 N–H and O–H groups in total. The lowest BCUT2D eigenvalue weighted by molar-refractivity contribution is 0.0417. The zero-order chi connectivity index (χ0) is 12.1. The van der Waals surface area contributed by atoms with Gasteiger partial charge in [0.05, 0.1) is 12.3 Å². The summed E-state index contributed by atoms with van der Waals surface area (Å²) in [4.78, 5) is 4.30. The zero-order valence-corrected chi connectivity index (χ0v) is 10.7. The van der Waals surface area contributed by atoms with Gasteiger partial charge in [-0.2, -0.15) is 0 Å². The number of nitrogens with zero attached hydrogens (tertiary/aromatic N) is 1. The molecular weight excluding hydrogens is 216 g/mol. The van der Waals surface area contributed by atoms with Crippen LogP contribution in [0.4, 0.5) is 0 Å². The Hall–Kier alpha value is -0.870. The van der Waals surface area contributed by atoms with Crippen LogP contribution in [0.1, 0.15) is 50.9 Å². The van der Waals surface area contributed by atoms with E-state index in [4.69, 9.17) is 9.15 Å². The van der Waals surface area contributed by atoms with E-state index in [9.17, 15) is 0 Å². The van der Waals surface area contributed by atoms with Gasteiger partial charge in [0.1, 0.15) is 6.10 Å². The van der Waals surface area contributed by atoms with Crippen molar-refractivity contribution in [3.05, 3.63) is 17.8 Å². The highest BCUT2D eigenvalue weighted by molar-refractivity contribution is 5.00. The minimum atomic E-state index is 0.120. The molecule has 1 aromatic rings. The van der Waals surface area contributed by atoms with E-state index in [0.717, 1.165) is 50.4 Å². The van der Waals surface area contributed by atoms with Crippen LogP contribution in [0.25, 0.3) is 0 Å². The van der Waals surface area contributed by atoms with Gasteiger partial charge in [-0.1, -0.05) is 6.92 Å². The van der Waals surface area contributed by atoms with Gasteiger partial charge in [0, 0.05) is 13.0 Å². The van der Waals surface area contributed by atoms with Crippen molar-refractivity contribution in [3.63, 3.8) is 0 Å². The first-order chi connectivity index (χ1) is 8.29. The largest absolute Gasteiger partial charge is 0.443 e. The molecule has 4 heteroatoms. The maximum atomic E-state index is 5.75. The third kappa shape index (κ3) is 3.54. The molecule has 0 saturated carbocycles. The highest BCUT2D eigenvalue weighted by Crippen LogP contribution is 2.32. The summed E-state index contributed by atoms with van der Waals surface area (Å²) in [5.74, 6) is 1.70. The standard InChI is InChI=1S/C13H22N2O2/c1-3-7-14-8-6-13-15-9-12(17-13)11-5-4-10(2)16-11/h9-11,14H,3-8H2,1-2H3. The normalized spacial score (nSPS) is 24.4. The molecule has 2 atom stereocenters. The first-order valence-corrected chi connectivity index (χ1v) is 6.60. The molecule has 1 aliphatic rings. The molecule has 96 valence electrons. The van der Waals surface area contributed by atoms with Crippen LogP contribution in [0, 0.1) is 0 Å². The summed E-state index contributed by atoms with van der Waals surface area (Å²) in [6.07, 6.45) is 6.45. The lowest BCUT2D eigenvalue weighted by Crippen LogP contribution is -2.17. The van der Waals surface area contributed by atoms with E-state index in [0.29, 0.717) is 6.10 Å². The average Bonchev–Trinajstić information content (AvgIpc) is 2.93. The molecule has 2 rings (SSSR count). The van der Waals surface area contributed by atoms with Gasteiger partial charge in [0.25, 0.3) is 0 Å². The third-order valence-corrected chi connectivity index (χ3v) is 3.06. The van der Waals surface area contributed by atoms with Crippen LogP contribution in [0.5, 0.6) is 0 Å². The summed E-state index contributed by atoms with van der Waals surface area (Å²) in [6.45, 7) is 6.24. The van der Waals surface area contributed by atoms with E-state index in [1.807, 2.05) is 6.20 Å². The van der Waals surface area contributed by atoms with Crippen LogP contribution in [-0.4, -0.2) is 24.2 Å². The lowest BCUT2D eigenvalue weighted by atomic mass is 10.2. The molecule has 1 fully saturated rings. The second-order valence-electron chi connectivity index (χ2n) is 4.67. The van der Waals surface area contributed by atoms with Crippen molar-refractivity contribution < 1.29 is 9.15 Å². The molecule has 2 heterocycles. The van der Waals surface area contributed by atoms with Crippen molar-refractivity contribution in [1.29, 1.82) is 0 Å². The molecule has 0 aliphatic carbocycles. The number of hydrogen-bond acceptors (Lipinski definition) is 4. The minimum Gasteiger partial charge on any atom is -0.443 e. The molecule has 0 spiro atoms. The monoisotopic (exact) mass is 238 g/mol. The third-order valence-electron chi connectivity index (χ3n) is 3.06. The van der Waals surface area contributed by atoms with E-state index in [2.05, 4.69) is 24.1 Å². The summed E-state index contributed by atoms with van der Waals surface area (Å²) >= 11 is 0. The predicted octanol–water partition coefficient (Wildman–Crippen LogP) is 2.46. The molecule has 0 radical (unpaired) electrons. The fraction of sp³-hybridized carbons (Fsp3) is 0.769. The molecular formula is C13H22N2O2. The molecule has 0 aromatic carbocycles. The van der Waals surface area contributed by atoms with Gasteiger partial charge in [0.2, 0.25) is 0 Å². The highest BCUT2D eigenvalue weighted by Gasteiger charge is 2.26. The molecule has 4 nitrogen and oxygen atoms in total. The Morgan fingerprint density at radius 2 is 2.29 bits per heavy atom. The van der Waals surface area contributed by atoms with Crippen LogP contribution in [0.2, 0.25) is 0 Å². The SMILES string of the molecule is CCCNCCc1ncc(C2CCC(C)O2)o1. The molecule has 17 heavy (non-hydrogen) atoms. The topological polar surface area (TPSA) is 47.3 Å². The van der Waals surface area contributed by atoms with Crippen molar-refractivity contribution in [3.8, 4) is 0 Å². The van der Waals surface area contributed by atoms with Crippen LogP contribution in [0.15, 0.2) is 10.6 Å². The molecule has 0 bridgehead atoms. The molecule has 1 saturated heterocycles. The molecule has 1 aliphatic heterocycles. The maximum Gasteiger partial charge on any atom is 0.195 e. The summed E-state index contributed by atoms with van der Waals surface area (Å²) < 4.78 is 11.5. The number of rotatable bonds is 6. The average molecular weight is 238 g/mol. The number of ether oxygens (including phenoxy) is 1. The van der Waals surface area contributed by atoms with Crippen LogP contribution in [-0.2, 0) is 11.2 Å². The summed E-state index contributed by atoms with van der Waals surface area (Å²) in [7, 11) is 0. The van der Waals surface area contributed by atoms with E-state index in [1.165, 1.54) is 0 Å². The van der Waals surface area contributed by atoms with Crippen molar-refractivity contribution in [2.24, 2.45) is 0 Å². The van der Waals surface area contributed by atoms with Gasteiger partial charge in [-0.25, -0.2) is 4.98 Å². The Morgan fingerprint density at radius 1 is 1.41 bits per heavy atom. The van der Waals surface area contributed by atoms with Gasteiger partial charge in [-0.05, 0) is 32.7 Å². The number of aromatic nitrogens is 1. The Morgan fingerprint density at radius 3 is 3.00 bits per heavy atom. The molecule has 0 amide bonds. The van der Waals surface area contributed by atoms with Crippen molar-refractivity contribution in [2.75, 3.05) is 13.1 Å². The summed E-state index contributed by atoms with van der Waals surface area (Å²) in [6, 6.07) is 0. The second-order valence-corrected chi connectivity index (χ2v) is 4.67. The zero-order valence-electron chi connectivity index (χ0n) is 10.7. The Kier molecular flexibility index (Phi) is 4.57. The van der Waals surface area contributed by atoms with Crippen LogP contribution in [0.3, 0.4) is 0 Å². The van der Waals surface area contributed by atoms with Crippen molar-refractivity contribution in [2.45, 2.75) is 51.7 Å². The molecule has 2 unspecified atom stereocenters. The summed E-state index contributed by atoms with van der Waals surface area (Å²) in [5.41, 5.74) is 0. The van der Waals surface area contributed by atoms with Gasteiger partial charge in [-0.15, -0.1) is 0 Å². The predicted molar refractivity (Wildman–Crippen MR) is 65.9 cm³/mol. The van der Waals surface area contributed by atoms with Gasteiger partial charge in [0.15, 0.2) is 11.7 Å². The van der Waals surface area contributed by atoms with Gasteiger partial charge in [-0.3, -0.25) is 0 Å². The summed E-state index contributed by atoms with van der Waals surface area (Å²) in [5, 5.41) is 3.34. The van der Waals surface area contributed by atoms with Crippen LogP contribution < -0.4 is 5.32 Å².